The molecule has 4 nitrogen and oxygen atoms in total. The lowest BCUT2D eigenvalue weighted by Gasteiger charge is -2.50. The summed E-state index contributed by atoms with van der Waals surface area (Å²) in [5.74, 6) is 3.77. The summed E-state index contributed by atoms with van der Waals surface area (Å²) in [6, 6.07) is 9.01. The number of aromatic hydroxyl groups is 1. The van der Waals surface area contributed by atoms with Crippen molar-refractivity contribution in [3.63, 3.8) is 0 Å². The van der Waals surface area contributed by atoms with E-state index in [9.17, 15) is 9.90 Å². The Labute approximate surface area is 190 Å². The molecule has 0 aliphatic heterocycles. The molecule has 4 heteroatoms. The van der Waals surface area contributed by atoms with Gasteiger partial charge in [0, 0.05) is 5.56 Å². The van der Waals surface area contributed by atoms with Crippen molar-refractivity contribution in [1.29, 1.82) is 0 Å². The molecule has 170 valence electrons. The molecular weight excluding hydrogens is 400 g/mol. The molecule has 0 amide bonds. The Bertz CT molecular complexity index is 1060. The van der Waals surface area contributed by atoms with E-state index in [1.807, 2.05) is 12.1 Å². The number of rotatable bonds is 4. The number of hydrogen-bond donors (Lipinski definition) is 1. The lowest BCUT2D eigenvalue weighted by atomic mass is 9.54. The van der Waals surface area contributed by atoms with Crippen LogP contribution in [0.3, 0.4) is 0 Å². The quantitative estimate of drug-likeness (QED) is 0.588. The molecule has 0 aromatic heterocycles. The van der Waals surface area contributed by atoms with Gasteiger partial charge in [-0.1, -0.05) is 13.8 Å². The highest BCUT2D eigenvalue weighted by Crippen LogP contribution is 2.63. The SMILES string of the molecule is COc1ccc(C(=O)c2cc3c(cc2O)CC[C@@H]2[C@@H]3CC[C@]3(C)[C@@H](C)CC[C@@H]23)cc1OC. The van der Waals surface area contributed by atoms with Gasteiger partial charge in [0.15, 0.2) is 17.3 Å². The number of phenols is 1. The zero-order valence-corrected chi connectivity index (χ0v) is 19.6. The Morgan fingerprint density at radius 1 is 1.03 bits per heavy atom. The highest BCUT2D eigenvalue weighted by Gasteiger charge is 2.53. The van der Waals surface area contributed by atoms with Crippen LogP contribution in [-0.2, 0) is 6.42 Å². The van der Waals surface area contributed by atoms with Crippen LogP contribution in [0.1, 0.15) is 78.9 Å². The fraction of sp³-hybridized carbons (Fsp3) is 0.536. The van der Waals surface area contributed by atoms with Gasteiger partial charge < -0.3 is 14.6 Å². The van der Waals surface area contributed by atoms with E-state index in [1.165, 1.54) is 43.2 Å². The molecule has 32 heavy (non-hydrogen) atoms. The number of phenolic OH excluding ortho intramolecular Hbond substituents is 1. The molecule has 5 rings (SSSR count). The average molecular weight is 435 g/mol. The van der Waals surface area contributed by atoms with E-state index >= 15 is 0 Å². The van der Waals surface area contributed by atoms with Crippen molar-refractivity contribution in [2.75, 3.05) is 14.2 Å². The molecule has 3 aliphatic carbocycles. The average Bonchev–Trinajstić information content (AvgIpc) is 3.11. The molecule has 2 saturated carbocycles. The van der Waals surface area contributed by atoms with E-state index in [2.05, 4.69) is 13.8 Å². The molecule has 2 fully saturated rings. The first kappa shape index (κ1) is 21.4. The van der Waals surface area contributed by atoms with Crippen molar-refractivity contribution in [2.24, 2.45) is 23.2 Å². The Morgan fingerprint density at radius 2 is 1.81 bits per heavy atom. The summed E-state index contributed by atoms with van der Waals surface area (Å²) in [6.07, 6.45) is 7.32. The smallest absolute Gasteiger partial charge is 0.196 e. The predicted molar refractivity (Wildman–Crippen MR) is 125 cm³/mol. The van der Waals surface area contributed by atoms with Crippen molar-refractivity contribution in [2.45, 2.75) is 58.3 Å². The number of aryl methyl sites for hydroxylation is 1. The van der Waals surface area contributed by atoms with E-state index in [0.717, 1.165) is 18.3 Å². The third-order valence-corrected chi connectivity index (χ3v) is 9.21. The largest absolute Gasteiger partial charge is 0.507 e. The number of fused-ring (bicyclic) bond motifs is 5. The second-order valence-corrected chi connectivity index (χ2v) is 10.4. The summed E-state index contributed by atoms with van der Waals surface area (Å²) in [5.41, 5.74) is 3.87. The maximum Gasteiger partial charge on any atom is 0.196 e. The maximum atomic E-state index is 13.4. The highest BCUT2D eigenvalue weighted by atomic mass is 16.5. The molecule has 0 saturated heterocycles. The topological polar surface area (TPSA) is 55.8 Å². The van der Waals surface area contributed by atoms with Gasteiger partial charge >= 0.3 is 0 Å². The molecule has 0 bridgehead atoms. The van der Waals surface area contributed by atoms with Crippen molar-refractivity contribution in [3.8, 4) is 17.2 Å². The predicted octanol–water partition coefficient (Wildman–Crippen LogP) is 6.13. The number of hydrogen-bond acceptors (Lipinski definition) is 4. The molecule has 2 aromatic rings. The van der Waals surface area contributed by atoms with Crippen LogP contribution in [-0.4, -0.2) is 25.1 Å². The van der Waals surface area contributed by atoms with Gasteiger partial charge in [-0.15, -0.1) is 0 Å². The molecule has 0 spiro atoms. The minimum Gasteiger partial charge on any atom is -0.507 e. The van der Waals surface area contributed by atoms with Crippen LogP contribution in [0.25, 0.3) is 0 Å². The van der Waals surface area contributed by atoms with Crippen LogP contribution in [0, 0.1) is 23.2 Å². The van der Waals surface area contributed by atoms with E-state index in [1.54, 1.807) is 32.4 Å². The molecule has 0 unspecified atom stereocenters. The van der Waals surface area contributed by atoms with Crippen LogP contribution in [0.2, 0.25) is 0 Å². The Hall–Kier alpha value is -2.49. The van der Waals surface area contributed by atoms with Gasteiger partial charge in [-0.2, -0.15) is 0 Å². The first-order valence-corrected chi connectivity index (χ1v) is 12.0. The fourth-order valence-electron chi connectivity index (χ4n) is 7.19. The summed E-state index contributed by atoms with van der Waals surface area (Å²) in [5, 5.41) is 10.8. The van der Waals surface area contributed by atoms with E-state index in [0.29, 0.717) is 39.9 Å². The van der Waals surface area contributed by atoms with E-state index in [-0.39, 0.29) is 11.5 Å². The zero-order valence-electron chi connectivity index (χ0n) is 19.6. The molecule has 5 atom stereocenters. The number of benzene rings is 2. The molecule has 3 aliphatic rings. The second kappa shape index (κ2) is 7.83. The Balaban J connectivity index is 1.50. The van der Waals surface area contributed by atoms with Gasteiger partial charge in [0.2, 0.25) is 0 Å². The third-order valence-electron chi connectivity index (χ3n) is 9.21. The lowest BCUT2D eigenvalue weighted by molar-refractivity contribution is 0.0336. The monoisotopic (exact) mass is 434 g/mol. The summed E-state index contributed by atoms with van der Waals surface area (Å²) in [4.78, 5) is 13.4. The van der Waals surface area contributed by atoms with Gasteiger partial charge in [0.25, 0.3) is 0 Å². The van der Waals surface area contributed by atoms with Crippen LogP contribution in [0.15, 0.2) is 30.3 Å². The number of ether oxygens (including phenoxy) is 2. The minimum atomic E-state index is -0.177. The fourth-order valence-corrected chi connectivity index (χ4v) is 7.19. The number of ketones is 1. The van der Waals surface area contributed by atoms with Gasteiger partial charge in [-0.3, -0.25) is 4.79 Å². The zero-order chi connectivity index (χ0) is 22.6. The van der Waals surface area contributed by atoms with Crippen molar-refractivity contribution < 1.29 is 19.4 Å². The Kier molecular flexibility index (Phi) is 5.22. The summed E-state index contributed by atoms with van der Waals surface area (Å²) >= 11 is 0. The van der Waals surface area contributed by atoms with Crippen LogP contribution >= 0.6 is 0 Å². The van der Waals surface area contributed by atoms with Crippen LogP contribution in [0.4, 0.5) is 0 Å². The van der Waals surface area contributed by atoms with Gasteiger partial charge in [-0.25, -0.2) is 0 Å². The van der Waals surface area contributed by atoms with E-state index in [4.69, 9.17) is 9.47 Å². The van der Waals surface area contributed by atoms with Gasteiger partial charge in [0.05, 0.1) is 19.8 Å². The van der Waals surface area contributed by atoms with Gasteiger partial charge in [-0.05, 0) is 109 Å². The van der Waals surface area contributed by atoms with Crippen LogP contribution in [0.5, 0.6) is 17.2 Å². The summed E-state index contributed by atoms with van der Waals surface area (Å²) in [7, 11) is 3.13. The second-order valence-electron chi connectivity index (χ2n) is 10.4. The molecule has 0 radical (unpaired) electrons. The van der Waals surface area contributed by atoms with Crippen molar-refractivity contribution in [3.05, 3.63) is 52.6 Å². The number of carbonyl (C=O) groups excluding carboxylic acids is 1. The highest BCUT2D eigenvalue weighted by molar-refractivity contribution is 6.11. The first-order chi connectivity index (χ1) is 15.4. The molecule has 2 aromatic carbocycles. The third kappa shape index (κ3) is 3.14. The summed E-state index contributed by atoms with van der Waals surface area (Å²) in [6.45, 7) is 4.96. The lowest BCUT2D eigenvalue weighted by Crippen LogP contribution is -2.41. The maximum absolute atomic E-state index is 13.4. The van der Waals surface area contributed by atoms with Crippen molar-refractivity contribution in [1.82, 2.24) is 0 Å². The molecule has 0 heterocycles. The Morgan fingerprint density at radius 3 is 2.56 bits per heavy atom. The number of carbonyl (C=O) groups is 1. The standard InChI is InChI=1S/C28H34O4/c1-16-5-9-23-20-8-6-17-13-24(29)22(15-21(17)19(20)11-12-28(16,23)2)27(30)18-7-10-25(31-3)26(14-18)32-4/h7,10,13-16,19-20,23,29H,5-6,8-9,11-12H2,1-4H3/t16-,19-,20+,23-,28+/m0/s1. The number of methoxy groups -OCH3 is 2. The van der Waals surface area contributed by atoms with Gasteiger partial charge in [0.1, 0.15) is 5.75 Å². The summed E-state index contributed by atoms with van der Waals surface area (Å²) < 4.78 is 10.7. The molecule has 1 N–H and O–H groups in total. The minimum absolute atomic E-state index is 0.0807. The van der Waals surface area contributed by atoms with E-state index < -0.39 is 0 Å². The molecular formula is C28H34O4. The van der Waals surface area contributed by atoms with Crippen LogP contribution < -0.4 is 9.47 Å². The van der Waals surface area contributed by atoms with Crippen molar-refractivity contribution >= 4 is 5.78 Å². The first-order valence-electron chi connectivity index (χ1n) is 12.0. The normalized spacial score (nSPS) is 30.8.